The third kappa shape index (κ3) is 7.80. The number of aliphatic carboxylic acids is 1. The maximum absolute atomic E-state index is 13.4. The number of hydrogen-bond acceptors (Lipinski definition) is 6. The predicted octanol–water partition coefficient (Wildman–Crippen LogP) is 3.93. The van der Waals surface area contributed by atoms with E-state index in [0.717, 1.165) is 11.0 Å². The van der Waals surface area contributed by atoms with Crippen LogP contribution in [0.3, 0.4) is 0 Å². The van der Waals surface area contributed by atoms with Gasteiger partial charge in [-0.05, 0) is 47.5 Å². The van der Waals surface area contributed by atoms with Gasteiger partial charge in [-0.1, -0.05) is 30.3 Å². The van der Waals surface area contributed by atoms with E-state index in [0.29, 0.717) is 11.1 Å². The van der Waals surface area contributed by atoms with E-state index in [-0.39, 0.29) is 34.9 Å². The number of nitrogens with one attached hydrogen (secondary N) is 3. The second kappa shape index (κ2) is 12.8. The van der Waals surface area contributed by atoms with Crippen molar-refractivity contribution in [1.82, 2.24) is 10.4 Å². The Labute approximate surface area is 226 Å². The molecule has 0 aliphatic heterocycles. The van der Waals surface area contributed by atoms with E-state index in [2.05, 4.69) is 5.32 Å². The van der Waals surface area contributed by atoms with Gasteiger partial charge in [0.15, 0.2) is 0 Å². The van der Waals surface area contributed by atoms with Crippen molar-refractivity contribution in [2.45, 2.75) is 19.1 Å². The van der Waals surface area contributed by atoms with Gasteiger partial charge in [0.2, 0.25) is 5.91 Å². The molecular formula is C27H25F3N4O6. The number of methoxy groups -OCH3 is 1. The fraction of sp³-hybridized carbons (Fsp3) is 0.185. The molecule has 2 amide bonds. The van der Waals surface area contributed by atoms with Crippen molar-refractivity contribution in [1.29, 1.82) is 5.41 Å². The van der Waals surface area contributed by atoms with Gasteiger partial charge in [-0.3, -0.25) is 30.5 Å². The van der Waals surface area contributed by atoms with Crippen molar-refractivity contribution >= 4 is 29.3 Å². The number of hydroxylamine groups is 1. The van der Waals surface area contributed by atoms with Crippen molar-refractivity contribution in [2.75, 3.05) is 19.0 Å². The molecule has 3 rings (SSSR count). The topological polar surface area (TPSA) is 152 Å². The molecule has 0 saturated heterocycles. The van der Waals surface area contributed by atoms with Gasteiger partial charge in [-0.15, -0.1) is 0 Å². The van der Waals surface area contributed by atoms with Crippen LogP contribution < -0.4 is 15.5 Å². The SMILES string of the molecule is COc1ccc(CC(=O)Nc2ccc(C(=O)N(CC(=O)O)Cc3ccc(C(=N)NO)cc3)cc2)c(C(F)(F)F)c1. The summed E-state index contributed by atoms with van der Waals surface area (Å²) in [5.41, 5.74) is 1.79. The summed E-state index contributed by atoms with van der Waals surface area (Å²) in [6.07, 6.45) is -5.24. The van der Waals surface area contributed by atoms with Gasteiger partial charge in [-0.25, -0.2) is 0 Å². The van der Waals surface area contributed by atoms with Crippen molar-refractivity contribution in [3.05, 3.63) is 94.5 Å². The summed E-state index contributed by atoms with van der Waals surface area (Å²) in [7, 11) is 1.24. The standard InChI is InChI=1S/C27H25F3N4O6/c1-40-21-11-8-19(22(13-21)27(28,29)30)12-23(35)32-20-9-6-18(7-10-20)26(38)34(15-24(36)37)14-16-2-4-17(5-3-16)25(31)33-39/h2-11,13,39H,12,14-15H2,1H3,(H2,31,33)(H,32,35)(H,36,37). The molecule has 0 fully saturated rings. The number of ether oxygens (including phenoxy) is 1. The monoisotopic (exact) mass is 558 g/mol. The Morgan fingerprint density at radius 3 is 2.15 bits per heavy atom. The highest BCUT2D eigenvalue weighted by molar-refractivity contribution is 5.97. The lowest BCUT2D eigenvalue weighted by atomic mass is 10.0. The molecule has 0 atom stereocenters. The number of anilines is 1. The molecular weight excluding hydrogens is 533 g/mol. The minimum absolute atomic E-state index is 0.00481. The maximum atomic E-state index is 13.4. The number of alkyl halides is 3. The number of benzene rings is 3. The molecule has 3 aromatic rings. The second-order valence-corrected chi connectivity index (χ2v) is 8.56. The van der Waals surface area contributed by atoms with Crippen molar-refractivity contribution in [3.8, 4) is 5.75 Å². The summed E-state index contributed by atoms with van der Waals surface area (Å²) in [6, 6.07) is 15.0. The lowest BCUT2D eigenvalue weighted by Gasteiger charge is -2.21. The Balaban J connectivity index is 1.70. The summed E-state index contributed by atoms with van der Waals surface area (Å²) in [5.74, 6) is -2.79. The van der Waals surface area contributed by atoms with Crippen LogP contribution in [0.2, 0.25) is 0 Å². The Morgan fingerprint density at radius 2 is 1.60 bits per heavy atom. The van der Waals surface area contributed by atoms with Crippen LogP contribution in [0.15, 0.2) is 66.7 Å². The fourth-order valence-electron chi connectivity index (χ4n) is 3.78. The van der Waals surface area contributed by atoms with Crippen LogP contribution >= 0.6 is 0 Å². The first kappa shape index (κ1) is 29.6. The minimum Gasteiger partial charge on any atom is -0.497 e. The zero-order valence-electron chi connectivity index (χ0n) is 21.1. The van der Waals surface area contributed by atoms with Gasteiger partial charge in [0.05, 0.1) is 19.1 Å². The Kier molecular flexibility index (Phi) is 9.45. The number of amidine groups is 1. The Morgan fingerprint density at radius 1 is 0.975 bits per heavy atom. The molecule has 5 N–H and O–H groups in total. The van der Waals surface area contributed by atoms with Crippen LogP contribution in [0, 0.1) is 5.41 Å². The number of halogens is 3. The lowest BCUT2D eigenvalue weighted by molar-refractivity contribution is -0.139. The predicted molar refractivity (Wildman–Crippen MR) is 137 cm³/mol. The normalized spacial score (nSPS) is 10.9. The largest absolute Gasteiger partial charge is 0.497 e. The molecule has 3 aromatic carbocycles. The third-order valence-electron chi connectivity index (χ3n) is 5.73. The second-order valence-electron chi connectivity index (χ2n) is 8.56. The Bertz CT molecular complexity index is 1390. The molecule has 0 aliphatic rings. The lowest BCUT2D eigenvalue weighted by Crippen LogP contribution is -2.35. The fourth-order valence-corrected chi connectivity index (χ4v) is 3.78. The van der Waals surface area contributed by atoms with Gasteiger partial charge in [-0.2, -0.15) is 13.2 Å². The summed E-state index contributed by atoms with van der Waals surface area (Å²) in [6.45, 7) is -0.663. The number of amides is 2. The highest BCUT2D eigenvalue weighted by atomic mass is 19.4. The molecule has 0 aliphatic carbocycles. The molecule has 0 spiro atoms. The molecule has 0 heterocycles. The molecule has 10 nitrogen and oxygen atoms in total. The molecule has 40 heavy (non-hydrogen) atoms. The summed E-state index contributed by atoms with van der Waals surface area (Å²) in [5, 5.41) is 28.2. The van der Waals surface area contributed by atoms with Gasteiger partial charge in [0, 0.05) is 23.4 Å². The number of carboxylic acid groups (broad SMARTS) is 1. The van der Waals surface area contributed by atoms with Crippen LogP contribution in [-0.2, 0) is 28.7 Å². The van der Waals surface area contributed by atoms with E-state index < -0.39 is 42.5 Å². The minimum atomic E-state index is -4.68. The van der Waals surface area contributed by atoms with Gasteiger partial charge in [0.1, 0.15) is 18.1 Å². The number of nitrogens with zero attached hydrogens (tertiary/aromatic N) is 1. The van der Waals surface area contributed by atoms with Crippen molar-refractivity contribution in [2.24, 2.45) is 0 Å². The highest BCUT2D eigenvalue weighted by Gasteiger charge is 2.34. The summed E-state index contributed by atoms with van der Waals surface area (Å²) < 4.78 is 45.1. The molecule has 0 radical (unpaired) electrons. The van der Waals surface area contributed by atoms with Crippen LogP contribution in [-0.4, -0.2) is 52.5 Å². The third-order valence-corrected chi connectivity index (χ3v) is 5.73. The van der Waals surface area contributed by atoms with E-state index in [9.17, 15) is 32.7 Å². The first-order valence-electron chi connectivity index (χ1n) is 11.6. The van der Waals surface area contributed by atoms with Crippen LogP contribution in [0.1, 0.15) is 32.6 Å². The van der Waals surface area contributed by atoms with Crippen molar-refractivity contribution in [3.63, 3.8) is 0 Å². The number of carbonyl (C=O) groups is 3. The zero-order valence-corrected chi connectivity index (χ0v) is 21.1. The van der Waals surface area contributed by atoms with Crippen LogP contribution in [0.5, 0.6) is 5.75 Å². The van der Waals surface area contributed by atoms with E-state index in [4.69, 9.17) is 15.4 Å². The van der Waals surface area contributed by atoms with E-state index in [1.165, 1.54) is 55.6 Å². The molecule has 0 unspecified atom stereocenters. The van der Waals surface area contributed by atoms with E-state index >= 15 is 0 Å². The van der Waals surface area contributed by atoms with Crippen LogP contribution in [0.25, 0.3) is 0 Å². The first-order valence-corrected chi connectivity index (χ1v) is 11.6. The van der Waals surface area contributed by atoms with Crippen molar-refractivity contribution < 1.29 is 42.6 Å². The van der Waals surface area contributed by atoms with E-state index in [1.54, 1.807) is 17.6 Å². The average Bonchev–Trinajstić information content (AvgIpc) is 2.92. The molecule has 0 saturated carbocycles. The molecule has 13 heteroatoms. The maximum Gasteiger partial charge on any atom is 0.416 e. The molecule has 0 bridgehead atoms. The smallest absolute Gasteiger partial charge is 0.416 e. The average molecular weight is 559 g/mol. The van der Waals surface area contributed by atoms with Gasteiger partial charge in [0.25, 0.3) is 5.91 Å². The number of rotatable bonds is 10. The summed E-state index contributed by atoms with van der Waals surface area (Å²) in [4.78, 5) is 38.0. The molecule has 210 valence electrons. The quantitative estimate of drug-likeness (QED) is 0.144. The van der Waals surface area contributed by atoms with Gasteiger partial charge >= 0.3 is 12.1 Å². The summed E-state index contributed by atoms with van der Waals surface area (Å²) >= 11 is 0. The highest BCUT2D eigenvalue weighted by Crippen LogP contribution is 2.34. The number of hydrogen-bond donors (Lipinski definition) is 5. The van der Waals surface area contributed by atoms with Crippen LogP contribution in [0.4, 0.5) is 18.9 Å². The number of carboxylic acids is 1. The first-order chi connectivity index (χ1) is 18.9. The van der Waals surface area contributed by atoms with E-state index in [1.807, 2.05) is 0 Å². The Hall–Kier alpha value is -4.91. The van der Waals surface area contributed by atoms with Gasteiger partial charge < -0.3 is 20.1 Å². The zero-order chi connectivity index (χ0) is 29.4. The number of carbonyl (C=O) groups excluding carboxylic acids is 2. The molecule has 0 aromatic heterocycles.